The fourth-order valence-electron chi connectivity index (χ4n) is 2.47. The van der Waals surface area contributed by atoms with E-state index >= 15 is 0 Å². The van der Waals surface area contributed by atoms with Crippen LogP contribution in [0.2, 0.25) is 5.02 Å². The van der Waals surface area contributed by atoms with Crippen LogP contribution in [-0.4, -0.2) is 22.0 Å². The predicted molar refractivity (Wildman–Crippen MR) is 112 cm³/mol. The van der Waals surface area contributed by atoms with Crippen molar-refractivity contribution in [1.29, 1.82) is 0 Å². The zero-order chi connectivity index (χ0) is 20.1. The summed E-state index contributed by atoms with van der Waals surface area (Å²) in [6.45, 7) is 5.80. The molecule has 0 bridgehead atoms. The highest BCUT2D eigenvalue weighted by molar-refractivity contribution is 6.31. The van der Waals surface area contributed by atoms with E-state index in [0.717, 1.165) is 17.0 Å². The van der Waals surface area contributed by atoms with Crippen LogP contribution in [0, 0.1) is 6.92 Å². The van der Waals surface area contributed by atoms with Crippen molar-refractivity contribution in [1.82, 2.24) is 9.97 Å². The third kappa shape index (κ3) is 4.98. The van der Waals surface area contributed by atoms with Gasteiger partial charge in [0.2, 0.25) is 5.95 Å². The number of halogens is 1. The van der Waals surface area contributed by atoms with Crippen LogP contribution in [0.5, 0.6) is 5.75 Å². The van der Waals surface area contributed by atoms with Crippen LogP contribution in [0.1, 0.15) is 29.8 Å². The second kappa shape index (κ2) is 8.71. The third-order valence-electron chi connectivity index (χ3n) is 3.91. The van der Waals surface area contributed by atoms with Crippen LogP contribution < -0.4 is 15.4 Å². The van der Waals surface area contributed by atoms with Crippen molar-refractivity contribution in [2.75, 3.05) is 10.6 Å². The Morgan fingerprint density at radius 2 is 1.75 bits per heavy atom. The molecule has 7 heteroatoms. The fourth-order valence-corrected chi connectivity index (χ4v) is 2.64. The molecule has 0 aliphatic rings. The molecule has 2 aromatic carbocycles. The number of ether oxygens (including phenoxy) is 1. The first-order valence-electron chi connectivity index (χ1n) is 8.84. The molecular formula is C21H21ClN4O2. The summed E-state index contributed by atoms with van der Waals surface area (Å²) in [7, 11) is 0. The number of rotatable bonds is 6. The summed E-state index contributed by atoms with van der Waals surface area (Å²) < 4.78 is 5.61. The van der Waals surface area contributed by atoms with Crippen molar-refractivity contribution in [2.45, 2.75) is 26.9 Å². The molecule has 0 spiro atoms. The Morgan fingerprint density at radius 1 is 1.07 bits per heavy atom. The van der Waals surface area contributed by atoms with Gasteiger partial charge in [0.1, 0.15) is 5.75 Å². The van der Waals surface area contributed by atoms with Gasteiger partial charge in [0.15, 0.2) is 0 Å². The maximum atomic E-state index is 12.4. The van der Waals surface area contributed by atoms with E-state index < -0.39 is 0 Å². The molecule has 0 radical (unpaired) electrons. The van der Waals surface area contributed by atoms with Gasteiger partial charge >= 0.3 is 0 Å². The molecular weight excluding hydrogens is 376 g/mol. The first-order chi connectivity index (χ1) is 13.4. The number of carbonyl (C=O) groups is 1. The lowest BCUT2D eigenvalue weighted by Crippen LogP contribution is -2.14. The summed E-state index contributed by atoms with van der Waals surface area (Å²) >= 11 is 6.08. The number of hydrogen-bond acceptors (Lipinski definition) is 5. The molecule has 6 nitrogen and oxygen atoms in total. The average Bonchev–Trinajstić information content (AvgIpc) is 2.67. The van der Waals surface area contributed by atoms with Crippen LogP contribution in [0.3, 0.4) is 0 Å². The van der Waals surface area contributed by atoms with E-state index in [4.69, 9.17) is 16.3 Å². The molecule has 1 heterocycles. The molecule has 0 saturated heterocycles. The first-order valence-corrected chi connectivity index (χ1v) is 9.22. The van der Waals surface area contributed by atoms with E-state index in [-0.39, 0.29) is 12.0 Å². The van der Waals surface area contributed by atoms with Gasteiger partial charge in [0.05, 0.1) is 11.7 Å². The number of nitrogens with one attached hydrogen (secondary N) is 2. The number of aromatic nitrogens is 2. The van der Waals surface area contributed by atoms with Crippen molar-refractivity contribution in [3.63, 3.8) is 0 Å². The van der Waals surface area contributed by atoms with E-state index in [1.54, 1.807) is 18.2 Å². The smallest absolute Gasteiger partial charge is 0.258 e. The summed E-state index contributed by atoms with van der Waals surface area (Å²) in [6.07, 6.45) is 3.07. The Bertz CT molecular complexity index is 957. The zero-order valence-electron chi connectivity index (χ0n) is 15.9. The normalized spacial score (nSPS) is 10.6. The van der Waals surface area contributed by atoms with E-state index in [2.05, 4.69) is 20.6 Å². The van der Waals surface area contributed by atoms with E-state index in [0.29, 0.717) is 22.2 Å². The van der Waals surface area contributed by atoms with Crippen molar-refractivity contribution in [3.8, 4) is 5.75 Å². The Morgan fingerprint density at radius 3 is 2.39 bits per heavy atom. The number of anilines is 3. The molecule has 28 heavy (non-hydrogen) atoms. The SMILES string of the molecule is Cc1c(Cl)cccc1NC(=O)c1cnc(Nc2ccc(OC(C)C)cc2)nc1. The Labute approximate surface area is 168 Å². The van der Waals surface area contributed by atoms with Crippen LogP contribution in [-0.2, 0) is 0 Å². The second-order valence-electron chi connectivity index (χ2n) is 6.48. The number of hydrogen-bond donors (Lipinski definition) is 2. The number of nitrogens with zero attached hydrogens (tertiary/aromatic N) is 2. The summed E-state index contributed by atoms with van der Waals surface area (Å²) in [5.74, 6) is 0.893. The minimum absolute atomic E-state index is 0.122. The zero-order valence-corrected chi connectivity index (χ0v) is 16.6. The molecule has 0 saturated carbocycles. The minimum Gasteiger partial charge on any atom is -0.491 e. The molecule has 3 aromatic rings. The van der Waals surface area contributed by atoms with Gasteiger partial charge in [-0.25, -0.2) is 9.97 Å². The molecule has 144 valence electrons. The molecule has 3 rings (SSSR count). The number of benzene rings is 2. The van der Waals surface area contributed by atoms with E-state index in [1.807, 2.05) is 45.0 Å². The van der Waals surface area contributed by atoms with Gasteiger partial charge in [-0.2, -0.15) is 0 Å². The lowest BCUT2D eigenvalue weighted by molar-refractivity contribution is 0.102. The molecule has 0 aliphatic carbocycles. The van der Waals surface area contributed by atoms with Gasteiger partial charge in [0.25, 0.3) is 5.91 Å². The van der Waals surface area contributed by atoms with Crippen molar-refractivity contribution >= 4 is 34.8 Å². The van der Waals surface area contributed by atoms with E-state index in [1.165, 1.54) is 12.4 Å². The highest BCUT2D eigenvalue weighted by Crippen LogP contribution is 2.23. The number of carbonyl (C=O) groups excluding carboxylic acids is 1. The van der Waals surface area contributed by atoms with Crippen molar-refractivity contribution in [3.05, 3.63) is 71.0 Å². The summed E-state index contributed by atoms with van der Waals surface area (Å²) in [4.78, 5) is 20.8. The van der Waals surface area contributed by atoms with Crippen LogP contribution in [0.4, 0.5) is 17.3 Å². The quantitative estimate of drug-likeness (QED) is 0.597. The molecule has 2 N–H and O–H groups in total. The van der Waals surface area contributed by atoms with Crippen molar-refractivity contribution < 1.29 is 9.53 Å². The van der Waals surface area contributed by atoms with Gasteiger partial charge in [-0.3, -0.25) is 4.79 Å². The number of amides is 1. The van der Waals surface area contributed by atoms with E-state index in [9.17, 15) is 4.79 Å². The summed E-state index contributed by atoms with van der Waals surface area (Å²) in [5.41, 5.74) is 2.64. The summed E-state index contributed by atoms with van der Waals surface area (Å²) in [5, 5.41) is 6.51. The fraction of sp³-hybridized carbons (Fsp3) is 0.190. The second-order valence-corrected chi connectivity index (χ2v) is 6.89. The highest BCUT2D eigenvalue weighted by atomic mass is 35.5. The maximum Gasteiger partial charge on any atom is 0.258 e. The highest BCUT2D eigenvalue weighted by Gasteiger charge is 2.10. The lowest BCUT2D eigenvalue weighted by Gasteiger charge is -2.11. The van der Waals surface area contributed by atoms with Crippen molar-refractivity contribution in [2.24, 2.45) is 0 Å². The van der Waals surface area contributed by atoms with Crippen LogP contribution >= 0.6 is 11.6 Å². The Balaban J connectivity index is 1.64. The van der Waals surface area contributed by atoms with Gasteiger partial charge in [-0.05, 0) is 62.7 Å². The standard InChI is InChI=1S/C21H21ClN4O2/c1-13(2)28-17-9-7-16(8-10-17)25-21-23-11-15(12-24-21)20(27)26-19-6-4-5-18(22)14(19)3/h4-13H,1-3H3,(H,26,27)(H,23,24,25). The van der Waals surface area contributed by atoms with Gasteiger partial charge in [-0.1, -0.05) is 17.7 Å². The Hall–Kier alpha value is -3.12. The molecule has 1 amide bonds. The van der Waals surface area contributed by atoms with Gasteiger partial charge < -0.3 is 15.4 Å². The molecule has 0 aliphatic heterocycles. The van der Waals surface area contributed by atoms with Crippen LogP contribution in [0.15, 0.2) is 54.9 Å². The molecule has 0 atom stereocenters. The van der Waals surface area contributed by atoms with Gasteiger partial charge in [0, 0.05) is 28.8 Å². The molecule has 0 unspecified atom stereocenters. The van der Waals surface area contributed by atoms with Crippen LogP contribution in [0.25, 0.3) is 0 Å². The minimum atomic E-state index is -0.299. The summed E-state index contributed by atoms with van der Waals surface area (Å²) in [6, 6.07) is 12.9. The monoisotopic (exact) mass is 396 g/mol. The van der Waals surface area contributed by atoms with Gasteiger partial charge in [-0.15, -0.1) is 0 Å². The predicted octanol–water partition coefficient (Wildman–Crippen LogP) is 5.22. The Kier molecular flexibility index (Phi) is 6.11. The average molecular weight is 397 g/mol. The topological polar surface area (TPSA) is 76.1 Å². The first kappa shape index (κ1) is 19.6. The third-order valence-corrected chi connectivity index (χ3v) is 4.32. The molecule has 1 aromatic heterocycles. The maximum absolute atomic E-state index is 12.4. The lowest BCUT2D eigenvalue weighted by atomic mass is 10.2. The largest absolute Gasteiger partial charge is 0.491 e. The molecule has 0 fully saturated rings.